The van der Waals surface area contributed by atoms with Crippen LogP contribution in [-0.4, -0.2) is 4.98 Å². The number of aryl methyl sites for hydroxylation is 1. The van der Waals surface area contributed by atoms with E-state index in [4.69, 9.17) is 23.2 Å². The molecule has 0 amide bonds. The summed E-state index contributed by atoms with van der Waals surface area (Å²) in [6.45, 7) is 4.93. The predicted molar refractivity (Wildman–Crippen MR) is 83.2 cm³/mol. The van der Waals surface area contributed by atoms with Crippen molar-refractivity contribution in [2.45, 2.75) is 32.9 Å². The lowest BCUT2D eigenvalue weighted by Crippen LogP contribution is -2.20. The van der Waals surface area contributed by atoms with Crippen LogP contribution in [0.5, 0.6) is 0 Å². The van der Waals surface area contributed by atoms with Crippen LogP contribution < -0.4 is 5.32 Å². The van der Waals surface area contributed by atoms with Gasteiger partial charge in [0.05, 0.1) is 20.7 Å². The van der Waals surface area contributed by atoms with Gasteiger partial charge in [0.15, 0.2) is 0 Å². The molecule has 5 heteroatoms. The molecule has 1 heterocycles. The zero-order chi connectivity index (χ0) is 13.8. The van der Waals surface area contributed by atoms with Gasteiger partial charge < -0.3 is 5.32 Å². The number of thiazole rings is 1. The summed E-state index contributed by atoms with van der Waals surface area (Å²) in [4.78, 5) is 4.45. The number of hydrogen-bond acceptors (Lipinski definition) is 3. The number of rotatable bonds is 5. The molecule has 0 aliphatic carbocycles. The van der Waals surface area contributed by atoms with Crippen LogP contribution in [0.4, 0.5) is 0 Å². The van der Waals surface area contributed by atoms with E-state index >= 15 is 0 Å². The maximum atomic E-state index is 6.06. The third-order valence-corrected chi connectivity index (χ3v) is 4.51. The molecule has 19 heavy (non-hydrogen) atoms. The van der Waals surface area contributed by atoms with Crippen molar-refractivity contribution in [1.82, 2.24) is 10.3 Å². The molecule has 0 spiro atoms. The highest BCUT2D eigenvalue weighted by atomic mass is 35.5. The average Bonchev–Trinajstić information content (AvgIpc) is 2.80. The SMILES string of the molecule is CCC(NCc1csc(C)n1)c1ccc(Cl)c(Cl)c1. The van der Waals surface area contributed by atoms with E-state index in [0.717, 1.165) is 29.2 Å². The van der Waals surface area contributed by atoms with Crippen molar-refractivity contribution in [3.05, 3.63) is 49.9 Å². The Bertz CT molecular complexity index is 554. The van der Waals surface area contributed by atoms with Gasteiger partial charge in [0.1, 0.15) is 0 Å². The Labute approximate surface area is 127 Å². The summed E-state index contributed by atoms with van der Waals surface area (Å²) >= 11 is 13.7. The van der Waals surface area contributed by atoms with Crippen LogP contribution >= 0.6 is 34.5 Å². The molecular weight excluding hydrogens is 299 g/mol. The van der Waals surface area contributed by atoms with Crippen molar-refractivity contribution in [2.75, 3.05) is 0 Å². The van der Waals surface area contributed by atoms with Crippen molar-refractivity contribution < 1.29 is 0 Å². The van der Waals surface area contributed by atoms with Crippen LogP contribution in [0.15, 0.2) is 23.6 Å². The Morgan fingerprint density at radius 1 is 1.32 bits per heavy atom. The Hall–Kier alpha value is -0.610. The van der Waals surface area contributed by atoms with Crippen LogP contribution in [-0.2, 0) is 6.54 Å². The summed E-state index contributed by atoms with van der Waals surface area (Å²) < 4.78 is 0. The summed E-state index contributed by atoms with van der Waals surface area (Å²) in [6.07, 6.45) is 0.987. The predicted octanol–water partition coefficient (Wildman–Crippen LogP) is 5.00. The fourth-order valence-electron chi connectivity index (χ4n) is 1.94. The lowest BCUT2D eigenvalue weighted by atomic mass is 10.0. The highest BCUT2D eigenvalue weighted by Crippen LogP contribution is 2.27. The second-order valence-corrected chi connectivity index (χ2v) is 6.25. The largest absolute Gasteiger partial charge is 0.304 e. The number of halogens is 2. The summed E-state index contributed by atoms with van der Waals surface area (Å²) in [5.74, 6) is 0. The fraction of sp³-hybridized carbons (Fsp3) is 0.357. The molecule has 1 aromatic heterocycles. The standard InChI is InChI=1S/C14H16Cl2N2S/c1-3-14(10-4-5-12(15)13(16)6-10)17-7-11-8-19-9(2)18-11/h4-6,8,14,17H,3,7H2,1-2H3. The molecule has 1 N–H and O–H groups in total. The van der Waals surface area contributed by atoms with Gasteiger partial charge in [0.25, 0.3) is 0 Å². The Balaban J connectivity index is 2.05. The molecule has 0 bridgehead atoms. The highest BCUT2D eigenvalue weighted by molar-refractivity contribution is 7.09. The van der Waals surface area contributed by atoms with Crippen molar-refractivity contribution >= 4 is 34.5 Å². The summed E-state index contributed by atoms with van der Waals surface area (Å²) in [5.41, 5.74) is 2.24. The zero-order valence-electron chi connectivity index (χ0n) is 10.9. The van der Waals surface area contributed by atoms with Gasteiger partial charge in [-0.2, -0.15) is 0 Å². The minimum Gasteiger partial charge on any atom is -0.304 e. The number of benzene rings is 1. The quantitative estimate of drug-likeness (QED) is 0.840. The summed E-state index contributed by atoms with van der Waals surface area (Å²) in [7, 11) is 0. The van der Waals surface area contributed by atoms with Crippen LogP contribution in [0, 0.1) is 6.92 Å². The Kier molecular flexibility index (Phi) is 5.22. The van der Waals surface area contributed by atoms with Gasteiger partial charge in [-0.1, -0.05) is 36.2 Å². The lowest BCUT2D eigenvalue weighted by Gasteiger charge is -2.17. The van der Waals surface area contributed by atoms with E-state index in [1.54, 1.807) is 11.3 Å². The number of hydrogen-bond donors (Lipinski definition) is 1. The first-order chi connectivity index (χ1) is 9.10. The first kappa shape index (κ1) is 14.8. The van der Waals surface area contributed by atoms with E-state index in [1.165, 1.54) is 0 Å². The van der Waals surface area contributed by atoms with Gasteiger partial charge in [-0.05, 0) is 31.0 Å². The van der Waals surface area contributed by atoms with Crippen LogP contribution in [0.1, 0.15) is 35.7 Å². The van der Waals surface area contributed by atoms with Crippen molar-refractivity contribution in [1.29, 1.82) is 0 Å². The van der Waals surface area contributed by atoms with Gasteiger partial charge >= 0.3 is 0 Å². The Morgan fingerprint density at radius 3 is 2.68 bits per heavy atom. The minimum atomic E-state index is 0.261. The second kappa shape index (κ2) is 6.71. The van der Waals surface area contributed by atoms with E-state index in [-0.39, 0.29) is 6.04 Å². The maximum Gasteiger partial charge on any atom is 0.0897 e. The normalized spacial score (nSPS) is 12.6. The van der Waals surface area contributed by atoms with Gasteiger partial charge in [-0.25, -0.2) is 4.98 Å². The summed E-state index contributed by atoms with van der Waals surface area (Å²) in [5, 5.41) is 7.88. The van der Waals surface area contributed by atoms with E-state index < -0.39 is 0 Å². The molecule has 0 saturated carbocycles. The van der Waals surface area contributed by atoms with Gasteiger partial charge in [0, 0.05) is 18.0 Å². The fourth-order valence-corrected chi connectivity index (χ4v) is 2.86. The van der Waals surface area contributed by atoms with Crippen LogP contribution in [0.25, 0.3) is 0 Å². The minimum absolute atomic E-state index is 0.261. The molecule has 0 aliphatic rings. The molecule has 2 rings (SSSR count). The van der Waals surface area contributed by atoms with E-state index in [9.17, 15) is 0 Å². The molecule has 0 radical (unpaired) electrons. The van der Waals surface area contributed by atoms with Crippen LogP contribution in [0.3, 0.4) is 0 Å². The summed E-state index contributed by atoms with van der Waals surface area (Å²) in [6, 6.07) is 6.05. The van der Waals surface area contributed by atoms with E-state index in [2.05, 4.69) is 22.6 Å². The molecule has 0 aliphatic heterocycles. The van der Waals surface area contributed by atoms with Gasteiger partial charge in [-0.15, -0.1) is 11.3 Å². The smallest absolute Gasteiger partial charge is 0.0897 e. The first-order valence-corrected chi connectivity index (χ1v) is 7.83. The Morgan fingerprint density at radius 2 is 2.11 bits per heavy atom. The van der Waals surface area contributed by atoms with E-state index in [0.29, 0.717) is 10.0 Å². The van der Waals surface area contributed by atoms with Crippen LogP contribution in [0.2, 0.25) is 10.0 Å². The lowest BCUT2D eigenvalue weighted by molar-refractivity contribution is 0.515. The molecule has 102 valence electrons. The molecule has 2 nitrogen and oxygen atoms in total. The van der Waals surface area contributed by atoms with Crippen molar-refractivity contribution in [3.8, 4) is 0 Å². The van der Waals surface area contributed by atoms with Gasteiger partial charge in [0.2, 0.25) is 0 Å². The third-order valence-electron chi connectivity index (χ3n) is 2.95. The second-order valence-electron chi connectivity index (χ2n) is 4.37. The molecular formula is C14H16Cl2N2S. The number of nitrogens with one attached hydrogen (secondary N) is 1. The highest BCUT2D eigenvalue weighted by Gasteiger charge is 2.11. The van der Waals surface area contributed by atoms with E-state index in [1.807, 2.05) is 25.1 Å². The molecule has 0 fully saturated rings. The van der Waals surface area contributed by atoms with Crippen molar-refractivity contribution in [2.24, 2.45) is 0 Å². The van der Waals surface area contributed by atoms with Crippen molar-refractivity contribution in [3.63, 3.8) is 0 Å². The van der Waals surface area contributed by atoms with Gasteiger partial charge in [-0.3, -0.25) is 0 Å². The molecule has 1 atom stereocenters. The molecule has 1 unspecified atom stereocenters. The molecule has 1 aromatic carbocycles. The number of aromatic nitrogens is 1. The topological polar surface area (TPSA) is 24.9 Å². The average molecular weight is 315 g/mol. The zero-order valence-corrected chi connectivity index (χ0v) is 13.2. The molecule has 2 aromatic rings. The maximum absolute atomic E-state index is 6.06. The molecule has 0 saturated heterocycles. The monoisotopic (exact) mass is 314 g/mol. The first-order valence-electron chi connectivity index (χ1n) is 6.19. The third kappa shape index (κ3) is 3.93. The number of nitrogens with zero attached hydrogens (tertiary/aromatic N) is 1.